The first kappa shape index (κ1) is 19.2. The van der Waals surface area contributed by atoms with Crippen LogP contribution in [0.4, 0.5) is 17.1 Å². The molecule has 5 nitrogen and oxygen atoms in total. The minimum absolute atomic E-state index is 0.255. The Bertz CT molecular complexity index is 818. The molecule has 0 spiro atoms. The van der Waals surface area contributed by atoms with Crippen LogP contribution in [0.3, 0.4) is 0 Å². The van der Waals surface area contributed by atoms with Gasteiger partial charge in [-0.25, -0.2) is 4.31 Å². The van der Waals surface area contributed by atoms with E-state index >= 15 is 0 Å². The summed E-state index contributed by atoms with van der Waals surface area (Å²) in [7, 11) is 3.84. The first-order valence-corrected chi connectivity index (χ1v) is 9.71. The highest BCUT2D eigenvalue weighted by molar-refractivity contribution is 7.98. The number of nitrogens with zero attached hydrogens (tertiary/aromatic N) is 2. The number of nitrogens with one attached hydrogen (secondary N) is 2. The summed E-state index contributed by atoms with van der Waals surface area (Å²) in [4.78, 5) is 12.6. The molecule has 1 fully saturated rings. The molecule has 2 aromatic carbocycles. The zero-order valence-corrected chi connectivity index (χ0v) is 16.9. The molecule has 0 saturated carbocycles. The Morgan fingerprint density at radius 2 is 1.92 bits per heavy atom. The highest BCUT2D eigenvalue weighted by Gasteiger charge is 2.18. The van der Waals surface area contributed by atoms with Crippen molar-refractivity contribution in [2.24, 2.45) is 0 Å². The van der Waals surface area contributed by atoms with Crippen LogP contribution in [0, 0.1) is 0 Å². The topological polar surface area (TPSA) is 47.6 Å². The average Bonchev–Trinajstić information content (AvgIpc) is 2.63. The van der Waals surface area contributed by atoms with Crippen LogP contribution in [0.25, 0.3) is 0 Å². The van der Waals surface area contributed by atoms with Gasteiger partial charge in [-0.3, -0.25) is 4.79 Å². The number of halogens is 2. The predicted molar refractivity (Wildman–Crippen MR) is 113 cm³/mol. The standard InChI is InChI=1S/C18H20Cl2N4OS/c1-21-17-10-12(4-7-15(17)19)22-18(25)14-6-5-13(11-16(14)20)24-9-3-8-23(2)26-24/h4-7,10-11,21H,3,8-9H2,1-2H3,(H,22,25). The molecule has 0 unspecified atom stereocenters. The molecule has 1 aliphatic heterocycles. The fourth-order valence-corrected chi connectivity index (χ4v) is 4.14. The second-order valence-corrected chi connectivity index (χ2v) is 7.99. The Labute approximate surface area is 167 Å². The third-order valence-electron chi connectivity index (χ3n) is 4.05. The van der Waals surface area contributed by atoms with Crippen LogP contribution >= 0.6 is 35.3 Å². The molecule has 1 aliphatic rings. The van der Waals surface area contributed by atoms with E-state index in [0.717, 1.165) is 30.9 Å². The summed E-state index contributed by atoms with van der Waals surface area (Å²) in [6, 6.07) is 10.8. The maximum absolute atomic E-state index is 12.6. The number of carbonyl (C=O) groups is 1. The van der Waals surface area contributed by atoms with Crippen LogP contribution in [0.15, 0.2) is 36.4 Å². The second-order valence-electron chi connectivity index (χ2n) is 5.95. The molecule has 138 valence electrons. The van der Waals surface area contributed by atoms with Crippen molar-refractivity contribution in [3.63, 3.8) is 0 Å². The number of benzene rings is 2. The Morgan fingerprint density at radius 1 is 1.12 bits per heavy atom. The number of anilines is 3. The summed E-state index contributed by atoms with van der Waals surface area (Å²) in [6.45, 7) is 2.01. The molecule has 0 bridgehead atoms. The smallest absolute Gasteiger partial charge is 0.257 e. The van der Waals surface area contributed by atoms with Crippen molar-refractivity contribution in [2.75, 3.05) is 42.1 Å². The second kappa shape index (κ2) is 8.39. The van der Waals surface area contributed by atoms with Crippen molar-refractivity contribution >= 4 is 58.3 Å². The quantitative estimate of drug-likeness (QED) is 0.694. The molecule has 3 rings (SSSR count). The minimum atomic E-state index is -0.255. The predicted octanol–water partition coefficient (Wildman–Crippen LogP) is 4.99. The van der Waals surface area contributed by atoms with Crippen molar-refractivity contribution in [1.29, 1.82) is 0 Å². The van der Waals surface area contributed by atoms with E-state index in [9.17, 15) is 4.79 Å². The molecule has 0 aromatic heterocycles. The zero-order valence-electron chi connectivity index (χ0n) is 14.6. The van der Waals surface area contributed by atoms with Crippen molar-refractivity contribution in [3.8, 4) is 0 Å². The van der Waals surface area contributed by atoms with Gasteiger partial charge in [-0.15, -0.1) is 0 Å². The molecule has 0 aliphatic carbocycles. The molecular formula is C18H20Cl2N4OS. The van der Waals surface area contributed by atoms with Crippen LogP contribution in [-0.2, 0) is 0 Å². The molecule has 2 N–H and O–H groups in total. The van der Waals surface area contributed by atoms with Gasteiger partial charge in [-0.2, -0.15) is 0 Å². The van der Waals surface area contributed by atoms with Gasteiger partial charge in [0.15, 0.2) is 0 Å². The molecule has 1 saturated heterocycles. The first-order valence-electron chi connectivity index (χ1n) is 8.23. The van der Waals surface area contributed by atoms with Gasteiger partial charge in [-0.05, 0) is 49.9 Å². The Hall–Kier alpha value is -1.60. The van der Waals surface area contributed by atoms with Crippen molar-refractivity contribution in [3.05, 3.63) is 52.0 Å². The third-order valence-corrected chi connectivity index (χ3v) is 5.75. The SMILES string of the molecule is CNc1cc(NC(=O)c2ccc(N3CCCN(C)S3)cc2Cl)ccc1Cl. The normalized spacial score (nSPS) is 15.0. The Kier molecular flexibility index (Phi) is 6.19. The lowest BCUT2D eigenvalue weighted by molar-refractivity contribution is 0.102. The lowest BCUT2D eigenvalue weighted by Gasteiger charge is -2.32. The average molecular weight is 411 g/mol. The summed E-state index contributed by atoms with van der Waals surface area (Å²) in [5.41, 5.74) is 2.83. The monoisotopic (exact) mass is 410 g/mol. The van der Waals surface area contributed by atoms with Gasteiger partial charge < -0.3 is 14.9 Å². The number of hydrogen-bond donors (Lipinski definition) is 2. The first-order chi connectivity index (χ1) is 12.5. The van der Waals surface area contributed by atoms with Crippen molar-refractivity contribution in [1.82, 2.24) is 4.31 Å². The van der Waals surface area contributed by atoms with E-state index in [0.29, 0.717) is 21.3 Å². The molecule has 0 atom stereocenters. The Balaban J connectivity index is 1.75. The number of amides is 1. The van der Waals surface area contributed by atoms with E-state index in [-0.39, 0.29) is 5.91 Å². The fourth-order valence-electron chi connectivity index (χ4n) is 2.70. The van der Waals surface area contributed by atoms with Crippen molar-refractivity contribution < 1.29 is 4.79 Å². The molecule has 1 amide bonds. The van der Waals surface area contributed by atoms with Crippen LogP contribution in [0.5, 0.6) is 0 Å². The summed E-state index contributed by atoms with van der Waals surface area (Å²) in [5.74, 6) is -0.255. The van der Waals surface area contributed by atoms with Gasteiger partial charge in [-0.1, -0.05) is 23.2 Å². The fraction of sp³-hybridized carbons (Fsp3) is 0.278. The van der Waals surface area contributed by atoms with Gasteiger partial charge in [0.1, 0.15) is 0 Å². The highest BCUT2D eigenvalue weighted by atomic mass is 35.5. The lowest BCUT2D eigenvalue weighted by atomic mass is 10.1. The number of carbonyl (C=O) groups excluding carboxylic acids is 1. The molecule has 0 radical (unpaired) electrons. The summed E-state index contributed by atoms with van der Waals surface area (Å²) in [6.07, 6.45) is 1.09. The molecular weight excluding hydrogens is 391 g/mol. The minimum Gasteiger partial charge on any atom is -0.387 e. The van der Waals surface area contributed by atoms with Crippen molar-refractivity contribution in [2.45, 2.75) is 6.42 Å². The molecule has 2 aromatic rings. The van der Waals surface area contributed by atoms with Gasteiger partial charge in [0.25, 0.3) is 5.91 Å². The maximum atomic E-state index is 12.6. The van der Waals surface area contributed by atoms with Gasteiger partial charge in [0.05, 0.1) is 21.3 Å². The van der Waals surface area contributed by atoms with Crippen LogP contribution in [0.1, 0.15) is 16.8 Å². The van der Waals surface area contributed by atoms with Gasteiger partial charge in [0, 0.05) is 43.6 Å². The van der Waals surface area contributed by atoms with Gasteiger partial charge >= 0.3 is 0 Å². The molecule has 26 heavy (non-hydrogen) atoms. The van der Waals surface area contributed by atoms with E-state index in [1.54, 1.807) is 43.4 Å². The number of rotatable bonds is 4. The zero-order chi connectivity index (χ0) is 18.7. The van der Waals surface area contributed by atoms with Crippen LogP contribution in [0.2, 0.25) is 10.0 Å². The van der Waals surface area contributed by atoms with Gasteiger partial charge in [0.2, 0.25) is 0 Å². The summed E-state index contributed by atoms with van der Waals surface area (Å²) >= 11 is 14.1. The maximum Gasteiger partial charge on any atom is 0.257 e. The van der Waals surface area contributed by atoms with Crippen LogP contribution in [-0.4, -0.2) is 37.4 Å². The largest absolute Gasteiger partial charge is 0.387 e. The number of hydrogen-bond acceptors (Lipinski definition) is 5. The van der Waals surface area contributed by atoms with E-state index in [1.165, 1.54) is 0 Å². The lowest BCUT2D eigenvalue weighted by Crippen LogP contribution is -2.31. The summed E-state index contributed by atoms with van der Waals surface area (Å²) < 4.78 is 4.35. The van der Waals surface area contributed by atoms with E-state index in [2.05, 4.69) is 26.3 Å². The molecule has 8 heteroatoms. The summed E-state index contributed by atoms with van der Waals surface area (Å²) in [5, 5.41) is 6.87. The van der Waals surface area contributed by atoms with E-state index in [1.807, 2.05) is 12.1 Å². The Morgan fingerprint density at radius 3 is 2.62 bits per heavy atom. The van der Waals surface area contributed by atoms with Crippen LogP contribution < -0.4 is 14.9 Å². The van der Waals surface area contributed by atoms with E-state index < -0.39 is 0 Å². The van der Waals surface area contributed by atoms with E-state index in [4.69, 9.17) is 23.2 Å². The third kappa shape index (κ3) is 4.38. The molecule has 1 heterocycles. The highest BCUT2D eigenvalue weighted by Crippen LogP contribution is 2.32.